The van der Waals surface area contributed by atoms with Crippen molar-refractivity contribution in [3.05, 3.63) is 94.3 Å². The number of nitrogens with one attached hydrogen (secondary N) is 2. The molecule has 3 N–H and O–H groups in total. The Balaban J connectivity index is 0.00000221. The Labute approximate surface area is 280 Å². The van der Waals surface area contributed by atoms with E-state index in [1.54, 1.807) is 54.7 Å². The molecule has 2 aliphatic rings. The summed E-state index contributed by atoms with van der Waals surface area (Å²) in [6.45, 7) is 13.1. The smallest absolute Gasteiger partial charge is 0.276 e. The Morgan fingerprint density at radius 2 is 1.94 bits per heavy atom. The summed E-state index contributed by atoms with van der Waals surface area (Å²) >= 11 is 0. The molecule has 4 aromatic rings. The Morgan fingerprint density at radius 3 is 2.69 bits per heavy atom. The number of amides is 2. The molecular weight excluding hydrogens is 610 g/mol. The second-order valence-electron chi connectivity index (χ2n) is 12.3. The highest BCUT2D eigenvalue weighted by Gasteiger charge is 2.37. The first-order valence-corrected chi connectivity index (χ1v) is 16.2. The predicted molar refractivity (Wildman–Crippen MR) is 186 cm³/mol. The number of aromatic nitrogens is 4. The van der Waals surface area contributed by atoms with Crippen molar-refractivity contribution in [2.24, 2.45) is 12.5 Å². The van der Waals surface area contributed by atoms with Gasteiger partial charge in [0.25, 0.3) is 11.5 Å². The fourth-order valence-electron chi connectivity index (χ4n) is 6.31. The Morgan fingerprint density at radius 1 is 1.15 bits per heavy atom. The number of ether oxygens (including phenoxy) is 1. The lowest BCUT2D eigenvalue weighted by atomic mass is 9.90. The van der Waals surface area contributed by atoms with Crippen LogP contribution in [-0.2, 0) is 37.8 Å². The zero-order chi connectivity index (χ0) is 34.6. The molecule has 1 aliphatic carbocycles. The summed E-state index contributed by atoms with van der Waals surface area (Å²) in [4.78, 5) is 48.9. The SMILES string of the molecule is C=CC(=O)NCCOc1cccc(Nc2cc(-c3ccnc(N4CCn5c(cc6c5CC(C)(C)C6)C4=O)c3CO)cn(C)c2=O)n1.CC. The lowest BCUT2D eigenvalue weighted by Crippen LogP contribution is -2.41. The molecular formula is C36H43N7O5. The molecule has 0 saturated carbocycles. The van der Waals surface area contributed by atoms with Gasteiger partial charge < -0.3 is 29.6 Å². The van der Waals surface area contributed by atoms with Crippen LogP contribution in [0.15, 0.2) is 66.2 Å². The quantitative estimate of drug-likeness (QED) is 0.169. The van der Waals surface area contributed by atoms with Crippen molar-refractivity contribution in [1.82, 2.24) is 24.4 Å². The Hall–Kier alpha value is -5.23. The highest BCUT2D eigenvalue weighted by Crippen LogP contribution is 2.40. The van der Waals surface area contributed by atoms with Crippen LogP contribution in [0, 0.1) is 5.41 Å². The molecule has 5 heterocycles. The summed E-state index contributed by atoms with van der Waals surface area (Å²) in [7, 11) is 1.64. The topological polar surface area (TPSA) is 144 Å². The van der Waals surface area contributed by atoms with Gasteiger partial charge in [0, 0.05) is 55.4 Å². The number of anilines is 3. The number of fused-ring (bicyclic) bond motifs is 3. The van der Waals surface area contributed by atoms with Gasteiger partial charge in [-0.25, -0.2) is 4.98 Å². The molecule has 0 bridgehead atoms. The van der Waals surface area contributed by atoms with Crippen molar-refractivity contribution in [2.75, 3.05) is 29.9 Å². The van der Waals surface area contributed by atoms with Crippen LogP contribution in [0.4, 0.5) is 17.3 Å². The zero-order valence-electron chi connectivity index (χ0n) is 28.2. The van der Waals surface area contributed by atoms with E-state index >= 15 is 0 Å². The highest BCUT2D eigenvalue weighted by molar-refractivity contribution is 6.06. The molecule has 252 valence electrons. The van der Waals surface area contributed by atoms with Crippen molar-refractivity contribution in [3.8, 4) is 17.0 Å². The van der Waals surface area contributed by atoms with Crippen molar-refractivity contribution in [2.45, 2.75) is 53.7 Å². The molecule has 0 unspecified atom stereocenters. The number of hydrogen-bond donors (Lipinski definition) is 3. The minimum atomic E-state index is -0.353. The number of aliphatic hydroxyl groups is 1. The van der Waals surface area contributed by atoms with Crippen LogP contribution in [0.5, 0.6) is 5.88 Å². The van der Waals surface area contributed by atoms with E-state index in [1.165, 1.54) is 21.9 Å². The van der Waals surface area contributed by atoms with Crippen molar-refractivity contribution in [3.63, 3.8) is 0 Å². The number of carbonyl (C=O) groups is 2. The Bertz CT molecular complexity index is 1910. The van der Waals surface area contributed by atoms with Gasteiger partial charge in [0.1, 0.15) is 29.6 Å². The summed E-state index contributed by atoms with van der Waals surface area (Å²) in [6.07, 6.45) is 6.37. The number of aryl methyl sites for hydroxylation is 1. The van der Waals surface area contributed by atoms with E-state index in [0.29, 0.717) is 53.0 Å². The predicted octanol–water partition coefficient (Wildman–Crippen LogP) is 4.37. The molecule has 6 rings (SSSR count). The van der Waals surface area contributed by atoms with Crippen LogP contribution in [0.1, 0.15) is 55.0 Å². The van der Waals surface area contributed by atoms with E-state index < -0.39 is 0 Å². The van der Waals surface area contributed by atoms with E-state index in [1.807, 2.05) is 19.9 Å². The first-order chi connectivity index (χ1) is 23.1. The lowest BCUT2D eigenvalue weighted by Gasteiger charge is -2.31. The van der Waals surface area contributed by atoms with E-state index in [-0.39, 0.29) is 48.2 Å². The summed E-state index contributed by atoms with van der Waals surface area (Å²) < 4.78 is 9.22. The normalized spacial score (nSPS) is 14.4. The van der Waals surface area contributed by atoms with E-state index in [9.17, 15) is 19.5 Å². The van der Waals surface area contributed by atoms with Crippen LogP contribution >= 0.6 is 0 Å². The molecule has 12 nitrogen and oxygen atoms in total. The van der Waals surface area contributed by atoms with E-state index in [2.05, 4.69) is 45.6 Å². The third kappa shape index (κ3) is 6.89. The number of rotatable bonds is 10. The second kappa shape index (κ2) is 14.3. The van der Waals surface area contributed by atoms with Gasteiger partial charge in [-0.3, -0.25) is 19.3 Å². The van der Waals surface area contributed by atoms with Crippen LogP contribution < -0.4 is 25.8 Å². The van der Waals surface area contributed by atoms with Crippen LogP contribution in [0.25, 0.3) is 11.1 Å². The Kier molecular flexibility index (Phi) is 10.1. The molecule has 0 radical (unpaired) electrons. The van der Waals surface area contributed by atoms with Gasteiger partial charge in [-0.15, -0.1) is 0 Å². The zero-order valence-corrected chi connectivity index (χ0v) is 28.2. The maximum absolute atomic E-state index is 13.8. The first kappa shape index (κ1) is 34.1. The molecule has 0 atom stereocenters. The molecule has 0 spiro atoms. The van der Waals surface area contributed by atoms with Crippen LogP contribution in [0.2, 0.25) is 0 Å². The van der Waals surface area contributed by atoms with Gasteiger partial charge in [-0.2, -0.15) is 4.98 Å². The number of carbonyl (C=O) groups excluding carboxylic acids is 2. The number of hydrogen-bond acceptors (Lipinski definition) is 8. The molecule has 48 heavy (non-hydrogen) atoms. The average molecular weight is 654 g/mol. The third-order valence-electron chi connectivity index (χ3n) is 8.39. The highest BCUT2D eigenvalue weighted by atomic mass is 16.5. The minimum absolute atomic E-state index is 0.142. The lowest BCUT2D eigenvalue weighted by molar-refractivity contribution is -0.116. The number of nitrogens with zero attached hydrogens (tertiary/aromatic N) is 5. The summed E-state index contributed by atoms with van der Waals surface area (Å²) in [5.74, 6) is 0.669. The van der Waals surface area contributed by atoms with E-state index in [4.69, 9.17) is 4.74 Å². The number of aliphatic hydroxyl groups excluding tert-OH is 1. The van der Waals surface area contributed by atoms with Gasteiger partial charge in [-0.1, -0.05) is 40.3 Å². The monoisotopic (exact) mass is 653 g/mol. The number of pyridine rings is 3. The molecule has 12 heteroatoms. The van der Waals surface area contributed by atoms with E-state index in [0.717, 1.165) is 12.8 Å². The maximum Gasteiger partial charge on any atom is 0.276 e. The van der Waals surface area contributed by atoms with Crippen LogP contribution in [0.3, 0.4) is 0 Å². The molecule has 1 aliphatic heterocycles. The maximum atomic E-state index is 13.8. The first-order valence-electron chi connectivity index (χ1n) is 16.2. The molecule has 0 fully saturated rings. The molecule has 4 aromatic heterocycles. The average Bonchev–Trinajstić information content (AvgIpc) is 3.58. The largest absolute Gasteiger partial charge is 0.476 e. The fraction of sp³-hybridized carbons (Fsp3) is 0.361. The van der Waals surface area contributed by atoms with Gasteiger partial charge in [0.15, 0.2) is 0 Å². The standard InChI is InChI=1S/C34H37N7O5.C2H6/c1-5-29(43)35-11-14-46-30-8-6-7-28(38-30)37-25-15-22(19-39(4)32(25)44)23-9-10-36-31(24(23)20-42)41-13-12-40-26(33(41)45)16-21-17-34(2,3)18-27(21)40;1-2/h5-10,15-16,19,42H,1,11-14,17-18,20H2,2-4H3,(H,35,43)(H,37,38);1-2H3. The summed E-state index contributed by atoms with van der Waals surface area (Å²) in [6, 6.07) is 10.6. The molecule has 0 saturated heterocycles. The fourth-order valence-corrected chi connectivity index (χ4v) is 6.31. The second-order valence-corrected chi connectivity index (χ2v) is 12.3. The third-order valence-corrected chi connectivity index (χ3v) is 8.39. The molecule has 0 aromatic carbocycles. The summed E-state index contributed by atoms with van der Waals surface area (Å²) in [5, 5.41) is 16.3. The van der Waals surface area contributed by atoms with Crippen LogP contribution in [-0.4, -0.2) is 55.7 Å². The van der Waals surface area contributed by atoms with Gasteiger partial charge in [-0.05, 0) is 59.7 Å². The minimum Gasteiger partial charge on any atom is -0.476 e. The van der Waals surface area contributed by atoms with Gasteiger partial charge >= 0.3 is 0 Å². The van der Waals surface area contributed by atoms with Crippen molar-refractivity contribution in [1.29, 1.82) is 0 Å². The van der Waals surface area contributed by atoms with Crippen molar-refractivity contribution < 1.29 is 19.4 Å². The molecule has 2 amide bonds. The summed E-state index contributed by atoms with van der Waals surface area (Å²) in [5.41, 5.74) is 5.07. The van der Waals surface area contributed by atoms with Gasteiger partial charge in [0.05, 0.1) is 13.2 Å². The van der Waals surface area contributed by atoms with Crippen molar-refractivity contribution >= 4 is 29.1 Å². The van der Waals surface area contributed by atoms with Gasteiger partial charge in [0.2, 0.25) is 11.8 Å².